The van der Waals surface area contributed by atoms with Crippen molar-refractivity contribution in [3.05, 3.63) is 0 Å². The fourth-order valence-corrected chi connectivity index (χ4v) is 4.47. The molecule has 11 heteroatoms. The number of hydrogen-bond donors (Lipinski definition) is 1. The lowest BCUT2D eigenvalue weighted by Crippen LogP contribution is -2.54. The Kier molecular flexibility index (Phi) is 9.93. The van der Waals surface area contributed by atoms with Crippen molar-refractivity contribution in [2.75, 3.05) is 64.7 Å². The Labute approximate surface area is 173 Å². The van der Waals surface area contributed by atoms with Gasteiger partial charge >= 0.3 is 6.09 Å². The standard InChI is InChI=1S/C15H29N5O4S.HI/c1-3-16-14(17-6-8-20-7-5-13-25(20,22)23)18-9-11-19(12-10-18)15(21)24-4-2;/h3-13H2,1-2H3,(H,16,17);1H. The molecule has 2 fully saturated rings. The van der Waals surface area contributed by atoms with Gasteiger partial charge in [-0.05, 0) is 20.3 Å². The van der Waals surface area contributed by atoms with Crippen molar-refractivity contribution in [3.63, 3.8) is 0 Å². The summed E-state index contributed by atoms with van der Waals surface area (Å²) >= 11 is 0. The normalized spacial score (nSPS) is 20.6. The van der Waals surface area contributed by atoms with E-state index >= 15 is 0 Å². The monoisotopic (exact) mass is 503 g/mol. The predicted octanol–water partition coefficient (Wildman–Crippen LogP) is 0.380. The number of ether oxygens (including phenoxy) is 1. The first-order valence-corrected chi connectivity index (χ1v) is 10.5. The Hall–Kier alpha value is -0.820. The summed E-state index contributed by atoms with van der Waals surface area (Å²) in [7, 11) is -3.07. The molecule has 0 unspecified atom stereocenters. The van der Waals surface area contributed by atoms with E-state index in [1.807, 2.05) is 6.92 Å². The summed E-state index contributed by atoms with van der Waals surface area (Å²) in [4.78, 5) is 20.1. The van der Waals surface area contributed by atoms with Crippen LogP contribution < -0.4 is 5.32 Å². The van der Waals surface area contributed by atoms with Gasteiger partial charge in [0.2, 0.25) is 10.0 Å². The minimum atomic E-state index is -3.07. The Morgan fingerprint density at radius 1 is 1.12 bits per heavy atom. The molecule has 0 aromatic carbocycles. The maximum absolute atomic E-state index is 11.8. The number of piperazine rings is 1. The number of carbonyl (C=O) groups is 1. The first-order valence-electron chi connectivity index (χ1n) is 8.90. The Balaban J connectivity index is 0.00000338. The van der Waals surface area contributed by atoms with Gasteiger partial charge in [0.25, 0.3) is 0 Å². The van der Waals surface area contributed by atoms with Crippen LogP contribution in [0.3, 0.4) is 0 Å². The molecule has 2 rings (SSSR count). The zero-order valence-electron chi connectivity index (χ0n) is 15.5. The minimum absolute atomic E-state index is 0. The number of rotatable bonds is 5. The van der Waals surface area contributed by atoms with E-state index in [2.05, 4.69) is 15.2 Å². The number of nitrogens with zero attached hydrogens (tertiary/aromatic N) is 4. The maximum Gasteiger partial charge on any atom is 0.409 e. The first kappa shape index (κ1) is 23.2. The van der Waals surface area contributed by atoms with Gasteiger partial charge in [0.1, 0.15) is 0 Å². The molecule has 9 nitrogen and oxygen atoms in total. The molecule has 2 saturated heterocycles. The van der Waals surface area contributed by atoms with E-state index in [-0.39, 0.29) is 35.8 Å². The lowest BCUT2D eigenvalue weighted by atomic mass is 10.3. The molecule has 0 aromatic heterocycles. The number of guanidine groups is 1. The van der Waals surface area contributed by atoms with E-state index in [4.69, 9.17) is 4.74 Å². The summed E-state index contributed by atoms with van der Waals surface area (Å²) < 4.78 is 30.2. The minimum Gasteiger partial charge on any atom is -0.450 e. The number of aliphatic imine (C=N–C) groups is 1. The van der Waals surface area contributed by atoms with Crippen LogP contribution in [0.4, 0.5) is 4.79 Å². The first-order chi connectivity index (χ1) is 12.0. The van der Waals surface area contributed by atoms with Crippen molar-refractivity contribution in [2.45, 2.75) is 20.3 Å². The summed E-state index contributed by atoms with van der Waals surface area (Å²) in [5, 5.41) is 3.24. The highest BCUT2D eigenvalue weighted by molar-refractivity contribution is 14.0. The zero-order valence-corrected chi connectivity index (χ0v) is 18.7. The number of hydrogen-bond acceptors (Lipinski definition) is 5. The third-order valence-corrected chi connectivity index (χ3v) is 6.21. The topological polar surface area (TPSA) is 94.5 Å². The van der Waals surface area contributed by atoms with Crippen LogP contribution in [0.25, 0.3) is 0 Å². The average Bonchev–Trinajstić information content (AvgIpc) is 2.93. The van der Waals surface area contributed by atoms with Gasteiger partial charge < -0.3 is 19.9 Å². The molecule has 2 aliphatic heterocycles. The second-order valence-electron chi connectivity index (χ2n) is 5.98. The Morgan fingerprint density at radius 2 is 1.77 bits per heavy atom. The van der Waals surface area contributed by atoms with Crippen LogP contribution >= 0.6 is 24.0 Å². The Bertz CT molecular complexity index is 579. The third-order valence-electron chi connectivity index (χ3n) is 4.25. The summed E-state index contributed by atoms with van der Waals surface area (Å²) in [6.07, 6.45) is 0.422. The van der Waals surface area contributed by atoms with Crippen molar-refractivity contribution in [1.29, 1.82) is 0 Å². The molecule has 152 valence electrons. The molecule has 0 radical (unpaired) electrons. The van der Waals surface area contributed by atoms with Crippen LogP contribution in [-0.4, -0.2) is 99.3 Å². The van der Waals surface area contributed by atoms with E-state index in [1.165, 1.54) is 4.31 Å². The number of sulfonamides is 1. The van der Waals surface area contributed by atoms with Crippen LogP contribution in [0.5, 0.6) is 0 Å². The molecule has 2 aliphatic rings. The van der Waals surface area contributed by atoms with Crippen molar-refractivity contribution < 1.29 is 17.9 Å². The fourth-order valence-electron chi connectivity index (χ4n) is 2.95. The van der Waals surface area contributed by atoms with E-state index in [0.717, 1.165) is 12.5 Å². The summed E-state index contributed by atoms with van der Waals surface area (Å²) in [5.74, 6) is 1.01. The van der Waals surface area contributed by atoms with Crippen LogP contribution in [0.1, 0.15) is 20.3 Å². The van der Waals surface area contributed by atoms with E-state index < -0.39 is 10.0 Å². The van der Waals surface area contributed by atoms with Gasteiger partial charge in [-0.1, -0.05) is 0 Å². The second-order valence-corrected chi connectivity index (χ2v) is 8.07. The van der Waals surface area contributed by atoms with E-state index in [1.54, 1.807) is 11.8 Å². The van der Waals surface area contributed by atoms with Crippen LogP contribution in [0, 0.1) is 0 Å². The van der Waals surface area contributed by atoms with E-state index in [9.17, 15) is 13.2 Å². The second kappa shape index (κ2) is 11.1. The summed E-state index contributed by atoms with van der Waals surface area (Å²) in [6, 6.07) is 0. The zero-order chi connectivity index (χ0) is 18.3. The number of amides is 1. The van der Waals surface area contributed by atoms with Crippen molar-refractivity contribution in [2.24, 2.45) is 4.99 Å². The van der Waals surface area contributed by atoms with Gasteiger partial charge in [-0.3, -0.25) is 4.99 Å². The van der Waals surface area contributed by atoms with Crippen molar-refractivity contribution in [3.8, 4) is 0 Å². The molecular formula is C15H30IN5O4S. The highest BCUT2D eigenvalue weighted by atomic mass is 127. The fraction of sp³-hybridized carbons (Fsp3) is 0.867. The molecule has 2 heterocycles. The molecule has 1 N–H and O–H groups in total. The molecule has 0 bridgehead atoms. The van der Waals surface area contributed by atoms with Crippen LogP contribution in [0.2, 0.25) is 0 Å². The van der Waals surface area contributed by atoms with Gasteiger partial charge in [0.05, 0.1) is 18.9 Å². The van der Waals surface area contributed by atoms with Crippen LogP contribution in [0.15, 0.2) is 4.99 Å². The molecule has 0 saturated carbocycles. The molecule has 0 aliphatic carbocycles. The van der Waals surface area contributed by atoms with Gasteiger partial charge in [-0.15, -0.1) is 24.0 Å². The maximum atomic E-state index is 11.8. The quantitative estimate of drug-likeness (QED) is 0.331. The molecule has 0 spiro atoms. The smallest absolute Gasteiger partial charge is 0.409 e. The van der Waals surface area contributed by atoms with Gasteiger partial charge in [-0.25, -0.2) is 17.5 Å². The highest BCUT2D eigenvalue weighted by Gasteiger charge is 2.28. The summed E-state index contributed by atoms with van der Waals surface area (Å²) in [5.41, 5.74) is 0. The van der Waals surface area contributed by atoms with E-state index in [0.29, 0.717) is 58.8 Å². The number of carbonyl (C=O) groups excluding carboxylic acids is 1. The number of halogens is 1. The molecule has 0 aromatic rings. The lowest BCUT2D eigenvalue weighted by Gasteiger charge is -2.36. The number of nitrogens with one attached hydrogen (secondary N) is 1. The molecular weight excluding hydrogens is 473 g/mol. The molecule has 26 heavy (non-hydrogen) atoms. The van der Waals surface area contributed by atoms with Gasteiger partial charge in [-0.2, -0.15) is 0 Å². The highest BCUT2D eigenvalue weighted by Crippen LogP contribution is 2.12. The molecule has 1 amide bonds. The average molecular weight is 503 g/mol. The van der Waals surface area contributed by atoms with Crippen molar-refractivity contribution in [1.82, 2.24) is 19.4 Å². The molecule has 0 atom stereocenters. The van der Waals surface area contributed by atoms with Gasteiger partial charge in [0, 0.05) is 45.8 Å². The van der Waals surface area contributed by atoms with Crippen molar-refractivity contribution >= 4 is 46.1 Å². The lowest BCUT2D eigenvalue weighted by molar-refractivity contribution is 0.0914. The SMILES string of the molecule is CCNC(=NCCN1CCCS1(=O)=O)N1CCN(C(=O)OCC)CC1.I. The van der Waals surface area contributed by atoms with Crippen LogP contribution in [-0.2, 0) is 14.8 Å². The Morgan fingerprint density at radius 3 is 2.31 bits per heavy atom. The third kappa shape index (κ3) is 6.41. The predicted molar refractivity (Wildman–Crippen MR) is 112 cm³/mol. The summed E-state index contributed by atoms with van der Waals surface area (Å²) in [6.45, 7) is 8.86. The largest absolute Gasteiger partial charge is 0.450 e. The van der Waals surface area contributed by atoms with Gasteiger partial charge in [0.15, 0.2) is 5.96 Å².